The number of non-ortho nitro benzene ring substituents is 1. The number of nitrogens with zero attached hydrogens (tertiary/aromatic N) is 3. The van der Waals surface area contributed by atoms with Gasteiger partial charge in [-0.25, -0.2) is 4.68 Å². The molecule has 6 nitrogen and oxygen atoms in total. The van der Waals surface area contributed by atoms with Crippen molar-refractivity contribution in [2.24, 2.45) is 0 Å². The van der Waals surface area contributed by atoms with Crippen molar-refractivity contribution in [3.63, 3.8) is 0 Å². The lowest BCUT2D eigenvalue weighted by Gasteiger charge is -1.99. The highest BCUT2D eigenvalue weighted by Gasteiger charge is 2.08. The van der Waals surface area contributed by atoms with Gasteiger partial charge in [-0.1, -0.05) is 6.07 Å². The summed E-state index contributed by atoms with van der Waals surface area (Å²) in [5.41, 5.74) is 7.10. The van der Waals surface area contributed by atoms with Crippen LogP contribution in [0.2, 0.25) is 0 Å². The predicted octanol–water partition coefficient (Wildman–Crippen LogP) is 1.67. The van der Waals surface area contributed by atoms with Gasteiger partial charge in [-0.05, 0) is 13.0 Å². The lowest BCUT2D eigenvalue weighted by molar-refractivity contribution is -0.384. The molecular formula is C10H10N4O2. The first-order valence-corrected chi connectivity index (χ1v) is 4.64. The number of aromatic nitrogens is 2. The lowest BCUT2D eigenvalue weighted by atomic mass is 10.3. The van der Waals surface area contributed by atoms with Crippen LogP contribution in [0.3, 0.4) is 0 Å². The van der Waals surface area contributed by atoms with Crippen molar-refractivity contribution >= 4 is 11.5 Å². The number of benzene rings is 1. The second kappa shape index (κ2) is 3.65. The Morgan fingerprint density at radius 1 is 1.50 bits per heavy atom. The number of hydrogen-bond acceptors (Lipinski definition) is 4. The molecule has 0 radical (unpaired) electrons. The van der Waals surface area contributed by atoms with E-state index in [-0.39, 0.29) is 5.69 Å². The van der Waals surface area contributed by atoms with Gasteiger partial charge in [0.2, 0.25) is 0 Å². The molecule has 0 aliphatic rings. The van der Waals surface area contributed by atoms with Gasteiger partial charge in [0.1, 0.15) is 5.82 Å². The molecule has 0 bridgehead atoms. The maximum atomic E-state index is 10.6. The first kappa shape index (κ1) is 10.2. The van der Waals surface area contributed by atoms with Gasteiger partial charge in [-0.2, -0.15) is 5.10 Å². The van der Waals surface area contributed by atoms with E-state index in [0.717, 1.165) is 5.56 Å². The fourth-order valence-corrected chi connectivity index (χ4v) is 1.35. The van der Waals surface area contributed by atoms with Crippen LogP contribution in [0.1, 0.15) is 5.56 Å². The monoisotopic (exact) mass is 218 g/mol. The molecule has 0 atom stereocenters. The maximum Gasteiger partial charge on any atom is 0.271 e. The van der Waals surface area contributed by atoms with E-state index >= 15 is 0 Å². The number of nitro groups is 1. The quantitative estimate of drug-likeness (QED) is 0.613. The molecule has 0 saturated heterocycles. The molecule has 16 heavy (non-hydrogen) atoms. The summed E-state index contributed by atoms with van der Waals surface area (Å²) in [6.45, 7) is 1.83. The average Bonchev–Trinajstić information content (AvgIpc) is 2.59. The minimum absolute atomic E-state index is 0.0317. The summed E-state index contributed by atoms with van der Waals surface area (Å²) >= 11 is 0. The van der Waals surface area contributed by atoms with Crippen LogP contribution in [0.5, 0.6) is 0 Å². The van der Waals surface area contributed by atoms with Gasteiger partial charge < -0.3 is 5.73 Å². The molecule has 1 aromatic heterocycles. The number of nitrogen functional groups attached to an aromatic ring is 1. The number of aryl methyl sites for hydroxylation is 1. The molecule has 0 spiro atoms. The first-order chi connectivity index (χ1) is 7.58. The van der Waals surface area contributed by atoms with Crippen LogP contribution in [0.15, 0.2) is 30.5 Å². The summed E-state index contributed by atoms with van der Waals surface area (Å²) in [4.78, 5) is 10.2. The van der Waals surface area contributed by atoms with Gasteiger partial charge >= 0.3 is 0 Å². The van der Waals surface area contributed by atoms with Crippen molar-refractivity contribution in [2.45, 2.75) is 6.92 Å². The van der Waals surface area contributed by atoms with E-state index in [1.807, 2.05) is 6.92 Å². The van der Waals surface area contributed by atoms with E-state index < -0.39 is 4.92 Å². The summed E-state index contributed by atoms with van der Waals surface area (Å²) in [6.07, 6.45) is 1.73. The molecule has 1 heterocycles. The van der Waals surface area contributed by atoms with Gasteiger partial charge in [-0.15, -0.1) is 0 Å². The van der Waals surface area contributed by atoms with Crippen LogP contribution in [0, 0.1) is 17.0 Å². The fourth-order valence-electron chi connectivity index (χ4n) is 1.35. The summed E-state index contributed by atoms with van der Waals surface area (Å²) < 4.78 is 1.53. The third-order valence-corrected chi connectivity index (χ3v) is 2.24. The Hall–Kier alpha value is -2.37. The normalized spacial score (nSPS) is 10.3. The molecule has 2 rings (SSSR count). The Morgan fingerprint density at radius 3 is 2.81 bits per heavy atom. The molecule has 0 amide bonds. The van der Waals surface area contributed by atoms with E-state index in [9.17, 15) is 10.1 Å². The Balaban J connectivity index is 2.48. The molecule has 0 fully saturated rings. The van der Waals surface area contributed by atoms with Gasteiger partial charge in [0.15, 0.2) is 0 Å². The van der Waals surface area contributed by atoms with Crippen LogP contribution in [-0.4, -0.2) is 14.7 Å². The van der Waals surface area contributed by atoms with Gasteiger partial charge in [0, 0.05) is 23.9 Å². The Kier molecular flexibility index (Phi) is 2.32. The molecule has 1 aromatic carbocycles. The van der Waals surface area contributed by atoms with Gasteiger partial charge in [0.25, 0.3) is 5.69 Å². The smallest absolute Gasteiger partial charge is 0.271 e. The molecule has 0 aliphatic carbocycles. The summed E-state index contributed by atoms with van der Waals surface area (Å²) in [5, 5.41) is 14.7. The van der Waals surface area contributed by atoms with Crippen LogP contribution in [0.4, 0.5) is 11.5 Å². The molecule has 2 aromatic rings. The van der Waals surface area contributed by atoms with E-state index in [1.54, 1.807) is 18.3 Å². The largest absolute Gasteiger partial charge is 0.382 e. The highest BCUT2D eigenvalue weighted by molar-refractivity contribution is 5.45. The van der Waals surface area contributed by atoms with Crippen molar-refractivity contribution in [3.05, 3.63) is 46.1 Å². The first-order valence-electron chi connectivity index (χ1n) is 4.64. The van der Waals surface area contributed by atoms with Gasteiger partial charge in [-0.3, -0.25) is 10.1 Å². The van der Waals surface area contributed by atoms with Crippen molar-refractivity contribution < 1.29 is 4.92 Å². The second-order valence-corrected chi connectivity index (χ2v) is 3.42. The van der Waals surface area contributed by atoms with E-state index in [2.05, 4.69) is 5.10 Å². The molecule has 0 unspecified atom stereocenters. The van der Waals surface area contributed by atoms with Crippen LogP contribution < -0.4 is 5.73 Å². The van der Waals surface area contributed by atoms with Crippen LogP contribution in [-0.2, 0) is 0 Å². The van der Waals surface area contributed by atoms with Crippen molar-refractivity contribution in [2.75, 3.05) is 5.73 Å². The number of rotatable bonds is 2. The molecule has 0 aliphatic heterocycles. The number of nitro benzene ring substituents is 1. The highest BCUT2D eigenvalue weighted by atomic mass is 16.6. The third kappa shape index (κ3) is 1.72. The van der Waals surface area contributed by atoms with Gasteiger partial charge in [0.05, 0.1) is 10.6 Å². The number of nitrogens with two attached hydrogens (primary N) is 1. The van der Waals surface area contributed by atoms with Crippen LogP contribution in [0.25, 0.3) is 5.69 Å². The molecular weight excluding hydrogens is 208 g/mol. The number of anilines is 1. The minimum Gasteiger partial charge on any atom is -0.382 e. The van der Waals surface area contributed by atoms with E-state index in [1.165, 1.54) is 16.8 Å². The third-order valence-electron chi connectivity index (χ3n) is 2.24. The summed E-state index contributed by atoms with van der Waals surface area (Å²) in [7, 11) is 0. The molecule has 82 valence electrons. The van der Waals surface area contributed by atoms with E-state index in [4.69, 9.17) is 5.73 Å². The topological polar surface area (TPSA) is 87.0 Å². The van der Waals surface area contributed by atoms with Crippen molar-refractivity contribution in [3.8, 4) is 5.69 Å². The Labute approximate surface area is 91.5 Å². The zero-order chi connectivity index (χ0) is 11.7. The van der Waals surface area contributed by atoms with Crippen LogP contribution >= 0.6 is 0 Å². The predicted molar refractivity (Wildman–Crippen MR) is 59.4 cm³/mol. The van der Waals surface area contributed by atoms with E-state index in [0.29, 0.717) is 11.5 Å². The highest BCUT2D eigenvalue weighted by Crippen LogP contribution is 2.18. The zero-order valence-corrected chi connectivity index (χ0v) is 8.62. The fraction of sp³-hybridized carbons (Fsp3) is 0.100. The standard InChI is InChI=1S/C10H10N4O2/c1-7-6-13(12-10(7)11)8-3-2-4-9(5-8)14(15)16/h2-6H,1H3,(H2,11,12). The summed E-state index contributed by atoms with van der Waals surface area (Å²) in [6, 6.07) is 6.23. The lowest BCUT2D eigenvalue weighted by Crippen LogP contribution is -1.97. The molecule has 0 saturated carbocycles. The second-order valence-electron chi connectivity index (χ2n) is 3.42. The zero-order valence-electron chi connectivity index (χ0n) is 8.62. The minimum atomic E-state index is -0.441. The van der Waals surface area contributed by atoms with Crippen molar-refractivity contribution in [1.29, 1.82) is 0 Å². The van der Waals surface area contributed by atoms with Crippen molar-refractivity contribution in [1.82, 2.24) is 9.78 Å². The Morgan fingerprint density at radius 2 is 2.25 bits per heavy atom. The SMILES string of the molecule is Cc1cn(-c2cccc([N+](=O)[O-])c2)nc1N. The molecule has 6 heteroatoms. The molecule has 2 N–H and O–H groups in total. The average molecular weight is 218 g/mol. The number of hydrogen-bond donors (Lipinski definition) is 1. The Bertz CT molecular complexity index is 528. The summed E-state index contributed by atoms with van der Waals surface area (Å²) in [5.74, 6) is 0.423. The maximum absolute atomic E-state index is 10.6.